The van der Waals surface area contributed by atoms with E-state index in [0.29, 0.717) is 0 Å². The van der Waals surface area contributed by atoms with Gasteiger partial charge in [0.15, 0.2) is 0 Å². The molecule has 0 aliphatic rings. The molecule has 0 bridgehead atoms. The van der Waals surface area contributed by atoms with E-state index < -0.39 is 5.54 Å². The molecule has 0 saturated carbocycles. The van der Waals surface area contributed by atoms with E-state index in [9.17, 15) is 4.39 Å². The Hall–Kier alpha value is -0.930. The smallest absolute Gasteiger partial charge is 0.123 e. The predicted molar refractivity (Wildman–Crippen MR) is 88.8 cm³/mol. The molecule has 120 valence electrons. The quantitative estimate of drug-likeness (QED) is 0.736. The van der Waals surface area contributed by atoms with Crippen molar-refractivity contribution in [3.05, 3.63) is 35.6 Å². The first-order valence-corrected chi connectivity index (χ1v) is 8.32. The van der Waals surface area contributed by atoms with Gasteiger partial charge in [-0.25, -0.2) is 4.39 Å². The minimum Gasteiger partial charge on any atom is -0.320 e. The highest BCUT2D eigenvalue weighted by molar-refractivity contribution is 5.27. The van der Waals surface area contributed by atoms with E-state index in [0.717, 1.165) is 44.3 Å². The van der Waals surface area contributed by atoms with Crippen LogP contribution in [0.5, 0.6) is 0 Å². The average molecular weight is 294 g/mol. The first-order valence-electron chi connectivity index (χ1n) is 8.32. The second-order valence-corrected chi connectivity index (χ2v) is 5.80. The van der Waals surface area contributed by atoms with Gasteiger partial charge >= 0.3 is 0 Å². The standard InChI is InChI=1S/C18H31FN2/c1-5-9-14-18(20,15-10-12-16(19)13-11-15)17(6-2)21(7-3)8-4/h10-13,17H,5-9,14,20H2,1-4H3. The van der Waals surface area contributed by atoms with Gasteiger partial charge in [0.2, 0.25) is 0 Å². The van der Waals surface area contributed by atoms with E-state index in [1.165, 1.54) is 12.1 Å². The number of nitrogens with zero attached hydrogens (tertiary/aromatic N) is 1. The van der Waals surface area contributed by atoms with E-state index in [-0.39, 0.29) is 11.9 Å². The monoisotopic (exact) mass is 294 g/mol. The molecule has 0 fully saturated rings. The van der Waals surface area contributed by atoms with Crippen LogP contribution in [0.3, 0.4) is 0 Å². The highest BCUT2D eigenvalue weighted by Crippen LogP contribution is 2.33. The lowest BCUT2D eigenvalue weighted by Gasteiger charge is -2.44. The van der Waals surface area contributed by atoms with Crippen LogP contribution in [0.2, 0.25) is 0 Å². The summed E-state index contributed by atoms with van der Waals surface area (Å²) in [6, 6.07) is 7.05. The Labute approximate surface area is 129 Å². The van der Waals surface area contributed by atoms with Crippen LogP contribution in [0.4, 0.5) is 4.39 Å². The maximum atomic E-state index is 13.2. The maximum Gasteiger partial charge on any atom is 0.123 e. The molecule has 2 atom stereocenters. The van der Waals surface area contributed by atoms with E-state index in [1.807, 2.05) is 12.1 Å². The number of halogens is 1. The van der Waals surface area contributed by atoms with Crippen molar-refractivity contribution < 1.29 is 4.39 Å². The van der Waals surface area contributed by atoms with Gasteiger partial charge in [0.1, 0.15) is 5.82 Å². The molecule has 2 nitrogen and oxygen atoms in total. The fourth-order valence-electron chi connectivity index (χ4n) is 3.35. The number of rotatable bonds is 9. The lowest BCUT2D eigenvalue weighted by Crippen LogP contribution is -2.56. The van der Waals surface area contributed by atoms with Crippen LogP contribution in [-0.4, -0.2) is 24.0 Å². The number of nitrogens with two attached hydrogens (primary N) is 1. The van der Waals surface area contributed by atoms with E-state index in [1.54, 1.807) is 0 Å². The highest BCUT2D eigenvalue weighted by Gasteiger charge is 2.37. The van der Waals surface area contributed by atoms with E-state index >= 15 is 0 Å². The van der Waals surface area contributed by atoms with Gasteiger partial charge in [-0.15, -0.1) is 0 Å². The summed E-state index contributed by atoms with van der Waals surface area (Å²) in [5.74, 6) is -0.201. The van der Waals surface area contributed by atoms with Crippen molar-refractivity contribution >= 4 is 0 Å². The molecule has 0 heterocycles. The summed E-state index contributed by atoms with van der Waals surface area (Å²) in [5, 5.41) is 0. The summed E-state index contributed by atoms with van der Waals surface area (Å²) in [4.78, 5) is 2.43. The Morgan fingerprint density at radius 1 is 1.10 bits per heavy atom. The van der Waals surface area contributed by atoms with Crippen molar-refractivity contribution in [2.45, 2.75) is 65.0 Å². The van der Waals surface area contributed by atoms with Crippen LogP contribution in [-0.2, 0) is 5.54 Å². The third kappa shape index (κ3) is 4.27. The van der Waals surface area contributed by atoms with Crippen molar-refractivity contribution in [2.75, 3.05) is 13.1 Å². The van der Waals surface area contributed by atoms with Gasteiger partial charge in [-0.05, 0) is 43.6 Å². The third-order valence-corrected chi connectivity index (χ3v) is 4.56. The van der Waals surface area contributed by atoms with Crippen molar-refractivity contribution in [1.82, 2.24) is 4.90 Å². The molecule has 0 saturated heterocycles. The van der Waals surface area contributed by atoms with Crippen molar-refractivity contribution in [2.24, 2.45) is 5.73 Å². The molecule has 0 amide bonds. The summed E-state index contributed by atoms with van der Waals surface area (Å²) in [5.41, 5.74) is 7.54. The second-order valence-electron chi connectivity index (χ2n) is 5.80. The summed E-state index contributed by atoms with van der Waals surface area (Å²) < 4.78 is 13.2. The molecule has 1 aromatic carbocycles. The van der Waals surface area contributed by atoms with Crippen LogP contribution >= 0.6 is 0 Å². The number of benzene rings is 1. The zero-order valence-corrected chi connectivity index (χ0v) is 14.0. The molecule has 0 radical (unpaired) electrons. The lowest BCUT2D eigenvalue weighted by molar-refractivity contribution is 0.116. The molecule has 0 aromatic heterocycles. The Bertz CT molecular complexity index is 400. The molecule has 2 N–H and O–H groups in total. The molecule has 2 unspecified atom stereocenters. The van der Waals surface area contributed by atoms with Crippen LogP contribution in [0.1, 0.15) is 58.9 Å². The Kier molecular flexibility index (Phi) is 7.33. The molecule has 1 aromatic rings. The van der Waals surface area contributed by atoms with Gasteiger partial charge in [-0.1, -0.05) is 52.7 Å². The first kappa shape index (κ1) is 18.1. The molecule has 21 heavy (non-hydrogen) atoms. The highest BCUT2D eigenvalue weighted by atomic mass is 19.1. The molecule has 0 aliphatic heterocycles. The summed E-state index contributed by atoms with van der Waals surface area (Å²) in [7, 11) is 0. The molecule has 1 rings (SSSR count). The summed E-state index contributed by atoms with van der Waals surface area (Å²) >= 11 is 0. The van der Waals surface area contributed by atoms with Crippen LogP contribution < -0.4 is 5.73 Å². The third-order valence-electron chi connectivity index (χ3n) is 4.56. The van der Waals surface area contributed by atoms with Crippen LogP contribution in [0, 0.1) is 5.82 Å². The number of unbranched alkanes of at least 4 members (excludes halogenated alkanes) is 1. The molecule has 0 aliphatic carbocycles. The van der Waals surface area contributed by atoms with Crippen molar-refractivity contribution in [1.29, 1.82) is 0 Å². The number of likely N-dealkylation sites (N-methyl/N-ethyl adjacent to an activating group) is 1. The molecular formula is C18H31FN2. The molecule has 3 heteroatoms. The Morgan fingerprint density at radius 3 is 2.10 bits per heavy atom. The van der Waals surface area contributed by atoms with E-state index in [2.05, 4.69) is 32.6 Å². The maximum absolute atomic E-state index is 13.2. The normalized spacial score (nSPS) is 16.0. The molecular weight excluding hydrogens is 263 g/mol. The van der Waals surface area contributed by atoms with Gasteiger partial charge < -0.3 is 5.73 Å². The number of hydrogen-bond acceptors (Lipinski definition) is 2. The lowest BCUT2D eigenvalue weighted by atomic mass is 9.77. The zero-order chi connectivity index (χ0) is 15.9. The van der Waals surface area contributed by atoms with Gasteiger partial charge in [0, 0.05) is 6.04 Å². The van der Waals surface area contributed by atoms with Gasteiger partial charge in [0.05, 0.1) is 5.54 Å². The largest absolute Gasteiger partial charge is 0.320 e. The van der Waals surface area contributed by atoms with Gasteiger partial charge in [-0.2, -0.15) is 0 Å². The summed E-state index contributed by atoms with van der Waals surface area (Å²) in [6.45, 7) is 10.7. The second kappa shape index (κ2) is 8.50. The summed E-state index contributed by atoms with van der Waals surface area (Å²) in [6.07, 6.45) is 4.14. The molecule has 0 spiro atoms. The van der Waals surface area contributed by atoms with Crippen LogP contribution in [0.25, 0.3) is 0 Å². The van der Waals surface area contributed by atoms with Crippen LogP contribution in [0.15, 0.2) is 24.3 Å². The van der Waals surface area contributed by atoms with Crippen molar-refractivity contribution in [3.8, 4) is 0 Å². The Morgan fingerprint density at radius 2 is 1.67 bits per heavy atom. The Balaban J connectivity index is 3.19. The first-order chi connectivity index (χ1) is 10.0. The average Bonchev–Trinajstić information content (AvgIpc) is 2.50. The topological polar surface area (TPSA) is 29.3 Å². The minimum absolute atomic E-state index is 0.201. The fourth-order valence-corrected chi connectivity index (χ4v) is 3.35. The minimum atomic E-state index is -0.412. The zero-order valence-electron chi connectivity index (χ0n) is 14.0. The predicted octanol–water partition coefficient (Wildman–Crippen LogP) is 4.29. The van der Waals surface area contributed by atoms with Gasteiger partial charge in [0.25, 0.3) is 0 Å². The van der Waals surface area contributed by atoms with Gasteiger partial charge in [-0.3, -0.25) is 4.90 Å². The fraction of sp³-hybridized carbons (Fsp3) is 0.667. The van der Waals surface area contributed by atoms with Crippen molar-refractivity contribution in [3.63, 3.8) is 0 Å². The SMILES string of the molecule is CCCCC(N)(c1ccc(F)cc1)C(CC)N(CC)CC. The number of hydrogen-bond donors (Lipinski definition) is 1. The van der Waals surface area contributed by atoms with E-state index in [4.69, 9.17) is 5.73 Å².